The molecule has 0 spiro atoms. The molecule has 1 heterocycles. The van der Waals surface area contributed by atoms with Crippen molar-refractivity contribution in [1.29, 1.82) is 5.26 Å². The lowest BCUT2D eigenvalue weighted by Crippen LogP contribution is -2.11. The van der Waals surface area contributed by atoms with Crippen LogP contribution < -0.4 is 4.72 Å². The Morgan fingerprint density at radius 2 is 2.28 bits per heavy atom. The van der Waals surface area contributed by atoms with Crippen molar-refractivity contribution in [3.63, 3.8) is 0 Å². The number of rotatable bonds is 11. The van der Waals surface area contributed by atoms with E-state index in [1.165, 1.54) is 23.1 Å². The molecule has 3 rings (SSSR count). The Labute approximate surface area is 197 Å². The Morgan fingerprint density at radius 1 is 1.44 bits per heavy atom. The van der Waals surface area contributed by atoms with Gasteiger partial charge in [0, 0.05) is 17.2 Å². The first-order chi connectivity index (χ1) is 15.6. The number of hydrogen-bond donors (Lipinski definition) is 1. The van der Waals surface area contributed by atoms with Crippen molar-refractivity contribution < 1.29 is 9.53 Å². The molecular weight excluding hydrogens is 440 g/mol. The van der Waals surface area contributed by atoms with Gasteiger partial charge < -0.3 is 9.53 Å². The normalized spacial score (nSPS) is 16.3. The lowest BCUT2D eigenvalue weighted by atomic mass is 10.0. The van der Waals surface area contributed by atoms with Gasteiger partial charge in [0.2, 0.25) is 0 Å². The predicted octanol–water partition coefficient (Wildman–Crippen LogP) is 5.30. The smallest absolute Gasteiger partial charge is 0.148 e. The third-order valence-corrected chi connectivity index (χ3v) is 6.78. The van der Waals surface area contributed by atoms with E-state index < -0.39 is 0 Å². The van der Waals surface area contributed by atoms with Crippen LogP contribution in [-0.2, 0) is 16.0 Å². The van der Waals surface area contributed by atoms with E-state index in [1.54, 1.807) is 11.3 Å². The van der Waals surface area contributed by atoms with E-state index >= 15 is 0 Å². The summed E-state index contributed by atoms with van der Waals surface area (Å²) in [5.41, 5.74) is 5.13. The average molecular weight is 469 g/mol. The number of benzene rings is 1. The number of carbonyl (C=O) groups is 1. The zero-order valence-electron chi connectivity index (χ0n) is 18.6. The summed E-state index contributed by atoms with van der Waals surface area (Å²) in [4.78, 5) is 10.6. The van der Waals surface area contributed by atoms with Crippen molar-refractivity contribution in [3.8, 4) is 16.6 Å². The monoisotopic (exact) mass is 468 g/mol. The summed E-state index contributed by atoms with van der Waals surface area (Å²) in [7, 11) is 0. The summed E-state index contributed by atoms with van der Waals surface area (Å²) in [6.45, 7) is 6.25. The average Bonchev–Trinajstić information content (AvgIpc) is 3.43. The minimum atomic E-state index is 0.0637. The van der Waals surface area contributed by atoms with Gasteiger partial charge in [-0.05, 0) is 50.3 Å². The quantitative estimate of drug-likeness (QED) is 0.157. The van der Waals surface area contributed by atoms with Crippen LogP contribution in [0.25, 0.3) is 16.1 Å². The number of nitrogens with one attached hydrogen (secondary N) is 1. The van der Waals surface area contributed by atoms with Crippen molar-refractivity contribution in [2.45, 2.75) is 52.2 Å². The molecule has 168 valence electrons. The van der Waals surface area contributed by atoms with Gasteiger partial charge in [-0.15, -0.1) is 10.2 Å². The minimum Gasteiger partial charge on any atom is -0.373 e. The number of aldehydes is 1. The predicted molar refractivity (Wildman–Crippen MR) is 131 cm³/mol. The fraction of sp³-hybridized carbons (Fsp3) is 0.417. The highest BCUT2D eigenvalue weighted by molar-refractivity contribution is 7.98. The zero-order valence-corrected chi connectivity index (χ0v) is 20.3. The summed E-state index contributed by atoms with van der Waals surface area (Å²) >= 11 is 2.99. The molecule has 1 atom stereocenters. The second-order valence-electron chi connectivity index (χ2n) is 7.68. The molecule has 1 aromatic heterocycles. The lowest BCUT2D eigenvalue weighted by Gasteiger charge is -2.12. The number of ether oxygens (including phenoxy) is 1. The molecule has 1 aromatic carbocycles. The van der Waals surface area contributed by atoms with E-state index in [0.29, 0.717) is 11.3 Å². The third kappa shape index (κ3) is 6.14. The van der Waals surface area contributed by atoms with Gasteiger partial charge in [-0.25, -0.2) is 0 Å². The number of nitrogens with zero attached hydrogens (tertiary/aromatic N) is 3. The maximum atomic E-state index is 10.6. The molecule has 1 N–H and O–H groups in total. The highest BCUT2D eigenvalue weighted by Crippen LogP contribution is 2.40. The van der Waals surface area contributed by atoms with Crippen molar-refractivity contribution in [1.82, 2.24) is 14.9 Å². The Hall–Kier alpha value is -2.31. The van der Waals surface area contributed by atoms with Gasteiger partial charge in [0.1, 0.15) is 16.3 Å². The van der Waals surface area contributed by atoms with Gasteiger partial charge in [0.25, 0.3) is 0 Å². The molecule has 0 saturated carbocycles. The SMILES string of the molecule is CC/C=C(\C=C(\C#N)COC(C)C)c1nnc(-c2cccc3c2CCC3NSCC=O)s1. The van der Waals surface area contributed by atoms with Crippen LogP contribution in [-0.4, -0.2) is 34.9 Å². The Kier molecular flexibility index (Phi) is 9.18. The number of aromatic nitrogens is 2. The molecule has 2 aromatic rings. The second-order valence-corrected chi connectivity index (χ2v) is 9.52. The lowest BCUT2D eigenvalue weighted by molar-refractivity contribution is -0.105. The molecule has 0 radical (unpaired) electrons. The largest absolute Gasteiger partial charge is 0.373 e. The first kappa shape index (κ1) is 24.3. The van der Waals surface area contributed by atoms with Crippen LogP contribution in [0.5, 0.6) is 0 Å². The molecule has 6 nitrogen and oxygen atoms in total. The standard InChI is InChI=1S/C24H28N4O2S2/c1-4-6-18(13-17(14-25)15-30-16(2)3)23-26-27-24(32-23)21-8-5-7-20-19(21)9-10-22(20)28-31-12-11-29/h5-8,11,13,16,22,28H,4,9-10,12,15H2,1-3H3/b17-13-,18-6+. The van der Waals surface area contributed by atoms with Crippen molar-refractivity contribution >= 4 is 35.1 Å². The third-order valence-electron chi connectivity index (χ3n) is 5.02. The summed E-state index contributed by atoms with van der Waals surface area (Å²) in [5, 5.41) is 20.1. The molecule has 0 saturated heterocycles. The Morgan fingerprint density at radius 3 is 3.00 bits per heavy atom. The van der Waals surface area contributed by atoms with Gasteiger partial charge in [0.05, 0.1) is 30.1 Å². The molecule has 1 aliphatic rings. The fourth-order valence-electron chi connectivity index (χ4n) is 3.59. The van der Waals surface area contributed by atoms with Crippen molar-refractivity contribution in [2.24, 2.45) is 0 Å². The molecule has 1 unspecified atom stereocenters. The molecule has 0 aliphatic heterocycles. The number of carbonyl (C=O) groups excluding carboxylic acids is 1. The molecule has 32 heavy (non-hydrogen) atoms. The first-order valence-electron chi connectivity index (χ1n) is 10.8. The summed E-state index contributed by atoms with van der Waals surface area (Å²) in [6.07, 6.45) is 7.68. The van der Waals surface area contributed by atoms with Gasteiger partial charge in [-0.3, -0.25) is 4.72 Å². The molecule has 1 aliphatic carbocycles. The van der Waals surface area contributed by atoms with Gasteiger partial charge in [-0.2, -0.15) is 5.26 Å². The van der Waals surface area contributed by atoms with Crippen LogP contribution in [0.3, 0.4) is 0 Å². The van der Waals surface area contributed by atoms with E-state index in [9.17, 15) is 10.1 Å². The fourth-order valence-corrected chi connectivity index (χ4v) is 5.10. The van der Waals surface area contributed by atoms with Crippen LogP contribution in [0, 0.1) is 11.3 Å². The topological polar surface area (TPSA) is 87.9 Å². The van der Waals surface area contributed by atoms with E-state index in [2.05, 4.69) is 52.2 Å². The van der Waals surface area contributed by atoms with Gasteiger partial charge in [0.15, 0.2) is 0 Å². The maximum absolute atomic E-state index is 10.6. The van der Waals surface area contributed by atoms with E-state index in [4.69, 9.17) is 4.74 Å². The highest BCUT2D eigenvalue weighted by atomic mass is 32.2. The maximum Gasteiger partial charge on any atom is 0.148 e. The summed E-state index contributed by atoms with van der Waals surface area (Å²) in [6, 6.07) is 8.77. The number of nitriles is 1. The van der Waals surface area contributed by atoms with E-state index in [-0.39, 0.29) is 18.8 Å². The van der Waals surface area contributed by atoms with Crippen LogP contribution in [0.4, 0.5) is 0 Å². The van der Waals surface area contributed by atoms with Crippen LogP contribution in [0.1, 0.15) is 55.8 Å². The van der Waals surface area contributed by atoms with Crippen LogP contribution in [0.15, 0.2) is 35.9 Å². The summed E-state index contributed by atoms with van der Waals surface area (Å²) < 4.78 is 9.00. The van der Waals surface area contributed by atoms with Crippen LogP contribution in [0.2, 0.25) is 0 Å². The van der Waals surface area contributed by atoms with Gasteiger partial charge >= 0.3 is 0 Å². The zero-order chi connectivity index (χ0) is 22.9. The molecule has 0 amide bonds. The van der Waals surface area contributed by atoms with Crippen LogP contribution >= 0.6 is 23.3 Å². The number of fused-ring (bicyclic) bond motifs is 1. The van der Waals surface area contributed by atoms with Crippen molar-refractivity contribution in [3.05, 3.63) is 52.1 Å². The number of allylic oxidation sites excluding steroid dienone is 3. The number of hydrogen-bond acceptors (Lipinski definition) is 8. The van der Waals surface area contributed by atoms with E-state index in [1.807, 2.05) is 19.9 Å². The Balaban J connectivity index is 1.86. The first-order valence-corrected chi connectivity index (χ1v) is 12.6. The summed E-state index contributed by atoms with van der Waals surface area (Å²) in [5.74, 6) is 0.443. The molecular formula is C24H28N4O2S2. The van der Waals surface area contributed by atoms with E-state index in [0.717, 1.165) is 46.7 Å². The molecule has 8 heteroatoms. The molecule has 0 bridgehead atoms. The highest BCUT2D eigenvalue weighted by Gasteiger charge is 2.26. The molecule has 0 fully saturated rings. The van der Waals surface area contributed by atoms with Gasteiger partial charge in [-0.1, -0.05) is 54.5 Å². The van der Waals surface area contributed by atoms with Crippen molar-refractivity contribution in [2.75, 3.05) is 12.4 Å². The minimum absolute atomic E-state index is 0.0637. The Bertz CT molecular complexity index is 1040. The second kappa shape index (κ2) is 12.1.